The zero-order valence-corrected chi connectivity index (χ0v) is 11.3. The van der Waals surface area contributed by atoms with Crippen molar-refractivity contribution in [3.63, 3.8) is 0 Å². The normalized spacial score (nSPS) is 25.3. The minimum Gasteiger partial charge on any atom is -0.314 e. The third-order valence-electron chi connectivity index (χ3n) is 3.81. The summed E-state index contributed by atoms with van der Waals surface area (Å²) >= 11 is 0. The van der Waals surface area contributed by atoms with Crippen LogP contribution in [0.4, 0.5) is 4.39 Å². The van der Waals surface area contributed by atoms with Crippen LogP contribution in [0.15, 0.2) is 24.3 Å². The molecule has 3 heteroatoms. The SMILES string of the molecule is CCNC1CCN(Cc2ccccc2F)CC1C. The number of hydrogen-bond acceptors (Lipinski definition) is 2. The van der Waals surface area contributed by atoms with Crippen LogP contribution >= 0.6 is 0 Å². The molecule has 1 saturated heterocycles. The summed E-state index contributed by atoms with van der Waals surface area (Å²) in [6, 6.07) is 7.71. The van der Waals surface area contributed by atoms with Crippen molar-refractivity contribution < 1.29 is 4.39 Å². The van der Waals surface area contributed by atoms with E-state index in [1.165, 1.54) is 0 Å². The lowest BCUT2D eigenvalue weighted by atomic mass is 9.93. The summed E-state index contributed by atoms with van der Waals surface area (Å²) in [7, 11) is 0. The molecule has 2 nitrogen and oxygen atoms in total. The highest BCUT2D eigenvalue weighted by molar-refractivity contribution is 5.17. The molecule has 1 heterocycles. The molecular formula is C15H23FN2. The Morgan fingerprint density at radius 1 is 1.39 bits per heavy atom. The van der Waals surface area contributed by atoms with E-state index in [4.69, 9.17) is 0 Å². The summed E-state index contributed by atoms with van der Waals surface area (Å²) in [4.78, 5) is 2.36. The number of halogens is 1. The molecule has 2 rings (SSSR count). The predicted octanol–water partition coefficient (Wildman–Crippen LogP) is 2.65. The van der Waals surface area contributed by atoms with Crippen molar-refractivity contribution in [3.05, 3.63) is 35.6 Å². The Kier molecular flexibility index (Phi) is 4.72. The summed E-state index contributed by atoms with van der Waals surface area (Å²) in [5.41, 5.74) is 0.812. The average Bonchev–Trinajstić information content (AvgIpc) is 2.36. The maximum atomic E-state index is 13.6. The molecular weight excluding hydrogens is 227 g/mol. The molecule has 1 N–H and O–H groups in total. The predicted molar refractivity (Wildman–Crippen MR) is 72.9 cm³/mol. The first-order valence-electron chi connectivity index (χ1n) is 6.90. The van der Waals surface area contributed by atoms with Gasteiger partial charge in [-0.3, -0.25) is 4.90 Å². The van der Waals surface area contributed by atoms with Crippen LogP contribution in [0.25, 0.3) is 0 Å². The summed E-state index contributed by atoms with van der Waals surface area (Å²) in [6.07, 6.45) is 1.16. The van der Waals surface area contributed by atoms with E-state index in [1.807, 2.05) is 12.1 Å². The second-order valence-electron chi connectivity index (χ2n) is 5.26. The molecule has 1 fully saturated rings. The van der Waals surface area contributed by atoms with Crippen molar-refractivity contribution in [2.45, 2.75) is 32.9 Å². The van der Waals surface area contributed by atoms with Crippen LogP contribution in [0.5, 0.6) is 0 Å². The molecule has 0 aromatic heterocycles. The van der Waals surface area contributed by atoms with Gasteiger partial charge < -0.3 is 5.32 Å². The Morgan fingerprint density at radius 3 is 2.83 bits per heavy atom. The first-order chi connectivity index (χ1) is 8.70. The molecule has 100 valence electrons. The van der Waals surface area contributed by atoms with Crippen LogP contribution in [0.2, 0.25) is 0 Å². The number of nitrogens with one attached hydrogen (secondary N) is 1. The van der Waals surface area contributed by atoms with Gasteiger partial charge in [0.25, 0.3) is 0 Å². The van der Waals surface area contributed by atoms with E-state index in [2.05, 4.69) is 24.1 Å². The Morgan fingerprint density at radius 2 is 2.17 bits per heavy atom. The zero-order chi connectivity index (χ0) is 13.0. The number of benzene rings is 1. The van der Waals surface area contributed by atoms with Gasteiger partial charge in [-0.05, 0) is 31.5 Å². The highest BCUT2D eigenvalue weighted by atomic mass is 19.1. The molecule has 2 unspecified atom stereocenters. The van der Waals surface area contributed by atoms with Gasteiger partial charge in [-0.1, -0.05) is 32.0 Å². The Labute approximate surface area is 109 Å². The summed E-state index contributed by atoms with van der Waals surface area (Å²) in [6.45, 7) is 8.29. The van der Waals surface area contributed by atoms with Gasteiger partial charge in [0.2, 0.25) is 0 Å². The monoisotopic (exact) mass is 250 g/mol. The Bertz CT molecular complexity index is 381. The number of rotatable bonds is 4. The molecule has 0 saturated carbocycles. The molecule has 0 aliphatic carbocycles. The lowest BCUT2D eigenvalue weighted by Crippen LogP contribution is -2.47. The van der Waals surface area contributed by atoms with Crippen molar-refractivity contribution in [2.24, 2.45) is 5.92 Å². The van der Waals surface area contributed by atoms with Crippen LogP contribution in [0.3, 0.4) is 0 Å². The van der Waals surface area contributed by atoms with E-state index in [-0.39, 0.29) is 5.82 Å². The second kappa shape index (κ2) is 6.30. The molecule has 0 amide bonds. The number of nitrogens with zero attached hydrogens (tertiary/aromatic N) is 1. The largest absolute Gasteiger partial charge is 0.314 e. The highest BCUT2D eigenvalue weighted by Crippen LogP contribution is 2.19. The number of hydrogen-bond donors (Lipinski definition) is 1. The average molecular weight is 250 g/mol. The molecule has 2 atom stereocenters. The van der Waals surface area contributed by atoms with E-state index in [0.717, 1.165) is 38.2 Å². The molecule has 0 radical (unpaired) electrons. The lowest BCUT2D eigenvalue weighted by molar-refractivity contribution is 0.141. The topological polar surface area (TPSA) is 15.3 Å². The zero-order valence-electron chi connectivity index (χ0n) is 11.3. The van der Waals surface area contributed by atoms with E-state index in [9.17, 15) is 4.39 Å². The molecule has 1 aliphatic rings. The van der Waals surface area contributed by atoms with Gasteiger partial charge >= 0.3 is 0 Å². The van der Waals surface area contributed by atoms with Gasteiger partial charge in [-0.15, -0.1) is 0 Å². The van der Waals surface area contributed by atoms with Crippen LogP contribution in [0.1, 0.15) is 25.8 Å². The third-order valence-corrected chi connectivity index (χ3v) is 3.81. The van der Waals surface area contributed by atoms with Gasteiger partial charge in [0, 0.05) is 24.7 Å². The van der Waals surface area contributed by atoms with E-state index < -0.39 is 0 Å². The first-order valence-corrected chi connectivity index (χ1v) is 6.90. The third kappa shape index (κ3) is 3.30. The van der Waals surface area contributed by atoms with Gasteiger partial charge in [-0.2, -0.15) is 0 Å². The van der Waals surface area contributed by atoms with Gasteiger partial charge in [0.1, 0.15) is 5.82 Å². The molecule has 0 spiro atoms. The summed E-state index contributed by atoms with van der Waals surface area (Å²) in [5, 5.41) is 3.53. The van der Waals surface area contributed by atoms with Crippen LogP contribution in [0, 0.1) is 11.7 Å². The van der Waals surface area contributed by atoms with E-state index in [0.29, 0.717) is 12.0 Å². The quantitative estimate of drug-likeness (QED) is 0.883. The van der Waals surface area contributed by atoms with E-state index >= 15 is 0 Å². The summed E-state index contributed by atoms with van der Waals surface area (Å²) in [5.74, 6) is 0.546. The van der Waals surface area contributed by atoms with Crippen molar-refractivity contribution >= 4 is 0 Å². The van der Waals surface area contributed by atoms with Crippen LogP contribution in [-0.4, -0.2) is 30.6 Å². The smallest absolute Gasteiger partial charge is 0.127 e. The van der Waals surface area contributed by atoms with Crippen molar-refractivity contribution in [1.82, 2.24) is 10.2 Å². The minimum absolute atomic E-state index is 0.0843. The number of piperidine rings is 1. The maximum absolute atomic E-state index is 13.6. The van der Waals surface area contributed by atoms with E-state index in [1.54, 1.807) is 12.1 Å². The molecule has 1 aromatic rings. The standard InChI is InChI=1S/C15H23FN2/c1-3-17-15-8-9-18(10-12(15)2)11-13-6-4-5-7-14(13)16/h4-7,12,15,17H,3,8-11H2,1-2H3. The molecule has 1 aliphatic heterocycles. The fraction of sp³-hybridized carbons (Fsp3) is 0.600. The first kappa shape index (κ1) is 13.5. The highest BCUT2D eigenvalue weighted by Gasteiger charge is 2.25. The van der Waals surface area contributed by atoms with Crippen LogP contribution in [-0.2, 0) is 6.54 Å². The van der Waals surface area contributed by atoms with Gasteiger partial charge in [-0.25, -0.2) is 4.39 Å². The summed E-state index contributed by atoms with van der Waals surface area (Å²) < 4.78 is 13.6. The molecule has 0 bridgehead atoms. The maximum Gasteiger partial charge on any atom is 0.127 e. The fourth-order valence-corrected chi connectivity index (χ4v) is 2.81. The Balaban J connectivity index is 1.91. The van der Waals surface area contributed by atoms with Crippen molar-refractivity contribution in [1.29, 1.82) is 0 Å². The lowest BCUT2D eigenvalue weighted by Gasteiger charge is -2.37. The van der Waals surface area contributed by atoms with Crippen molar-refractivity contribution in [3.8, 4) is 0 Å². The molecule has 18 heavy (non-hydrogen) atoms. The number of likely N-dealkylation sites (tertiary alicyclic amines) is 1. The van der Waals surface area contributed by atoms with Crippen LogP contribution < -0.4 is 5.32 Å². The minimum atomic E-state index is -0.0843. The van der Waals surface area contributed by atoms with Crippen molar-refractivity contribution in [2.75, 3.05) is 19.6 Å². The molecule has 1 aromatic carbocycles. The fourth-order valence-electron chi connectivity index (χ4n) is 2.81. The Hall–Kier alpha value is -0.930. The second-order valence-corrected chi connectivity index (χ2v) is 5.26. The van der Waals surface area contributed by atoms with Gasteiger partial charge in [0.15, 0.2) is 0 Å². The van der Waals surface area contributed by atoms with Gasteiger partial charge in [0.05, 0.1) is 0 Å².